The Morgan fingerprint density at radius 2 is 1.16 bits per heavy atom. The third-order valence-corrected chi connectivity index (χ3v) is 3.58. The molecule has 3 nitrogen and oxygen atoms in total. The first-order valence-corrected chi connectivity index (χ1v) is 9.31. The highest BCUT2D eigenvalue weighted by Gasteiger charge is 1.96. The largest absolute Gasteiger partial charge is 0.481 e. The van der Waals surface area contributed by atoms with Crippen LogP contribution < -0.4 is 0 Å². The molecule has 25 heavy (non-hydrogen) atoms. The molecule has 1 atom stereocenters. The fourth-order valence-corrected chi connectivity index (χ4v) is 2.02. The topological polar surface area (TPSA) is 57.5 Å². The minimum absolute atomic E-state index is 0.160. The van der Waals surface area contributed by atoms with Gasteiger partial charge in [0.15, 0.2) is 0 Å². The van der Waals surface area contributed by atoms with E-state index in [4.69, 9.17) is 5.11 Å². The van der Waals surface area contributed by atoms with Crippen LogP contribution in [0.2, 0.25) is 0 Å². The predicted octanol–water partition coefficient (Wildman–Crippen LogP) is 5.74. The van der Waals surface area contributed by atoms with Crippen molar-refractivity contribution in [1.29, 1.82) is 0 Å². The molecule has 2 N–H and O–H groups in total. The second-order valence-corrected chi connectivity index (χ2v) is 5.87. The molecule has 140 valence electrons. The van der Waals surface area contributed by atoms with Crippen molar-refractivity contribution in [1.82, 2.24) is 0 Å². The fraction of sp³-hybridized carbons (Fsp3) is 0.500. The van der Waals surface area contributed by atoms with Crippen molar-refractivity contribution in [2.75, 3.05) is 0 Å². The van der Waals surface area contributed by atoms with Crippen LogP contribution in [0.5, 0.6) is 0 Å². The smallest absolute Gasteiger partial charge is 0.303 e. The van der Waals surface area contributed by atoms with E-state index < -0.39 is 5.97 Å². The van der Waals surface area contributed by atoms with Crippen molar-refractivity contribution in [3.8, 4) is 0 Å². The Balaban J connectivity index is 3.51. The summed E-state index contributed by atoms with van der Waals surface area (Å²) in [5.74, 6) is -0.748. The van der Waals surface area contributed by atoms with Gasteiger partial charge in [0.1, 0.15) is 0 Å². The Kier molecular flexibility index (Phi) is 17.1. The average Bonchev–Trinajstić information content (AvgIpc) is 2.60. The van der Waals surface area contributed by atoms with Gasteiger partial charge in [0.25, 0.3) is 0 Å². The molecule has 1 unspecified atom stereocenters. The Labute approximate surface area is 153 Å². The van der Waals surface area contributed by atoms with Crippen molar-refractivity contribution < 1.29 is 15.0 Å². The zero-order valence-electron chi connectivity index (χ0n) is 15.5. The van der Waals surface area contributed by atoms with E-state index in [1.54, 1.807) is 0 Å². The monoisotopic (exact) mass is 346 g/mol. The highest BCUT2D eigenvalue weighted by Crippen LogP contribution is 2.02. The fourth-order valence-electron chi connectivity index (χ4n) is 2.02. The number of allylic oxidation sites excluding steroid dienone is 10. The molecular weight excluding hydrogens is 312 g/mol. The van der Waals surface area contributed by atoms with Crippen LogP contribution in [0, 0.1) is 0 Å². The van der Waals surface area contributed by atoms with Gasteiger partial charge >= 0.3 is 5.97 Å². The maximum Gasteiger partial charge on any atom is 0.303 e. The summed E-state index contributed by atoms with van der Waals surface area (Å²) >= 11 is 0. The predicted molar refractivity (Wildman–Crippen MR) is 107 cm³/mol. The minimum Gasteiger partial charge on any atom is -0.481 e. The van der Waals surface area contributed by atoms with Gasteiger partial charge < -0.3 is 10.2 Å². The van der Waals surface area contributed by atoms with Crippen LogP contribution in [-0.2, 0) is 4.79 Å². The summed E-state index contributed by atoms with van der Waals surface area (Å²) in [7, 11) is 0. The van der Waals surface area contributed by atoms with Gasteiger partial charge in [0, 0.05) is 6.42 Å². The maximum absolute atomic E-state index is 10.3. The first-order valence-electron chi connectivity index (χ1n) is 9.31. The standard InChI is InChI=1S/C22H34O3/c1-2-21(23)19-17-15-13-11-9-7-5-3-4-6-8-10-12-14-16-18-20-22(24)25/h3-4,7-10,13-16,21,23H,2,5-6,11-12,17-20H2,1H3,(H,24,25)/b4-3-,9-7-,10-8-,15-13-,16-14-. The first-order chi connectivity index (χ1) is 12.2. The number of aliphatic carboxylic acids is 1. The number of carboxylic acids is 1. The van der Waals surface area contributed by atoms with Gasteiger partial charge in [-0.05, 0) is 51.4 Å². The summed E-state index contributed by atoms with van der Waals surface area (Å²) in [6.45, 7) is 2.00. The second-order valence-electron chi connectivity index (χ2n) is 5.87. The number of carboxylic acid groups (broad SMARTS) is 1. The van der Waals surface area contributed by atoms with Crippen LogP contribution in [0.25, 0.3) is 0 Å². The van der Waals surface area contributed by atoms with Crippen molar-refractivity contribution in [3.63, 3.8) is 0 Å². The molecule has 0 aromatic carbocycles. The Bertz CT molecular complexity index is 456. The number of hydrogen-bond acceptors (Lipinski definition) is 2. The van der Waals surface area contributed by atoms with Gasteiger partial charge in [-0.25, -0.2) is 0 Å². The lowest BCUT2D eigenvalue weighted by Crippen LogP contribution is -2.02. The van der Waals surface area contributed by atoms with Crippen LogP contribution in [0.4, 0.5) is 0 Å². The SMILES string of the molecule is CCC(O)CC/C=C\C/C=C\C/C=C\C/C=C\C/C=C\CCC(=O)O. The van der Waals surface area contributed by atoms with Crippen molar-refractivity contribution in [2.45, 2.75) is 70.8 Å². The van der Waals surface area contributed by atoms with Gasteiger partial charge in [-0.2, -0.15) is 0 Å². The average molecular weight is 347 g/mol. The highest BCUT2D eigenvalue weighted by molar-refractivity contribution is 5.66. The first kappa shape index (κ1) is 23.1. The van der Waals surface area contributed by atoms with E-state index in [0.717, 1.165) is 44.9 Å². The highest BCUT2D eigenvalue weighted by atomic mass is 16.4. The molecule has 0 aromatic heterocycles. The third kappa shape index (κ3) is 20.1. The summed E-state index contributed by atoms with van der Waals surface area (Å²) in [5.41, 5.74) is 0. The number of hydrogen-bond donors (Lipinski definition) is 2. The Morgan fingerprint density at radius 3 is 1.56 bits per heavy atom. The van der Waals surface area contributed by atoms with Crippen molar-refractivity contribution in [3.05, 3.63) is 60.8 Å². The van der Waals surface area contributed by atoms with Crippen LogP contribution in [-0.4, -0.2) is 22.3 Å². The molecule has 0 amide bonds. The maximum atomic E-state index is 10.3. The third-order valence-electron chi connectivity index (χ3n) is 3.58. The molecule has 0 spiro atoms. The normalized spacial score (nSPS) is 14.0. The Hall–Kier alpha value is -1.87. The molecule has 3 heteroatoms. The molecule has 0 rings (SSSR count). The zero-order valence-corrected chi connectivity index (χ0v) is 15.5. The lowest BCUT2D eigenvalue weighted by molar-refractivity contribution is -0.136. The van der Waals surface area contributed by atoms with Crippen LogP contribution in [0.15, 0.2) is 60.8 Å². The molecule has 0 bridgehead atoms. The summed E-state index contributed by atoms with van der Waals surface area (Å²) in [6, 6.07) is 0. The molecule has 0 saturated heterocycles. The number of aliphatic hydroxyl groups excluding tert-OH is 1. The summed E-state index contributed by atoms with van der Waals surface area (Å²) in [4.78, 5) is 10.3. The van der Waals surface area contributed by atoms with Crippen molar-refractivity contribution >= 4 is 5.97 Å². The summed E-state index contributed by atoms with van der Waals surface area (Å²) in [5, 5.41) is 17.9. The molecule has 0 radical (unpaired) electrons. The van der Waals surface area contributed by atoms with Gasteiger partial charge in [-0.3, -0.25) is 4.79 Å². The van der Waals surface area contributed by atoms with E-state index in [0.29, 0.717) is 6.42 Å². The van der Waals surface area contributed by atoms with Crippen LogP contribution in [0.3, 0.4) is 0 Å². The van der Waals surface area contributed by atoms with Gasteiger partial charge in [0.2, 0.25) is 0 Å². The quantitative estimate of drug-likeness (QED) is 0.372. The second kappa shape index (κ2) is 18.5. The lowest BCUT2D eigenvalue weighted by Gasteiger charge is -2.03. The van der Waals surface area contributed by atoms with Gasteiger partial charge in [-0.15, -0.1) is 0 Å². The van der Waals surface area contributed by atoms with E-state index in [9.17, 15) is 9.90 Å². The Morgan fingerprint density at radius 1 is 0.760 bits per heavy atom. The summed E-state index contributed by atoms with van der Waals surface area (Å²) in [6.07, 6.45) is 28.0. The van der Waals surface area contributed by atoms with E-state index >= 15 is 0 Å². The van der Waals surface area contributed by atoms with Gasteiger partial charge in [0.05, 0.1) is 6.10 Å². The van der Waals surface area contributed by atoms with E-state index in [1.165, 1.54) is 0 Å². The molecule has 0 aliphatic heterocycles. The molecule has 0 heterocycles. The number of rotatable bonds is 15. The number of aliphatic hydroxyl groups is 1. The van der Waals surface area contributed by atoms with Crippen molar-refractivity contribution in [2.24, 2.45) is 0 Å². The molecule has 0 saturated carbocycles. The van der Waals surface area contributed by atoms with E-state index in [2.05, 4.69) is 48.6 Å². The molecule has 0 aromatic rings. The summed E-state index contributed by atoms with van der Waals surface area (Å²) < 4.78 is 0. The van der Waals surface area contributed by atoms with E-state index in [1.807, 2.05) is 19.1 Å². The molecule has 0 fully saturated rings. The van der Waals surface area contributed by atoms with Gasteiger partial charge in [-0.1, -0.05) is 67.7 Å². The minimum atomic E-state index is -0.748. The molecular formula is C22H34O3. The molecule has 0 aliphatic carbocycles. The zero-order chi connectivity index (χ0) is 18.6. The van der Waals surface area contributed by atoms with E-state index in [-0.39, 0.29) is 12.5 Å². The van der Waals surface area contributed by atoms with Crippen LogP contribution >= 0.6 is 0 Å². The van der Waals surface area contributed by atoms with Crippen LogP contribution in [0.1, 0.15) is 64.7 Å². The lowest BCUT2D eigenvalue weighted by atomic mass is 10.1. The molecule has 0 aliphatic rings. The number of carbonyl (C=O) groups is 1.